The van der Waals surface area contributed by atoms with Gasteiger partial charge in [0.25, 0.3) is 0 Å². The molecule has 0 unspecified atom stereocenters. The molecule has 1 N–H and O–H groups in total. The van der Waals surface area contributed by atoms with Crippen molar-refractivity contribution in [3.63, 3.8) is 0 Å². The zero-order valence-electron chi connectivity index (χ0n) is 16.1. The molecule has 0 aromatic heterocycles. The third kappa shape index (κ3) is 2.37. The summed E-state index contributed by atoms with van der Waals surface area (Å²) in [7, 11) is 0. The van der Waals surface area contributed by atoms with Gasteiger partial charge in [-0.3, -0.25) is 9.59 Å². The molecule has 0 radical (unpaired) electrons. The van der Waals surface area contributed by atoms with Gasteiger partial charge in [-0.15, -0.1) is 11.6 Å². The average Bonchev–Trinajstić information content (AvgIpc) is 2.86. The van der Waals surface area contributed by atoms with Crippen LogP contribution < -0.4 is 0 Å². The molecule has 4 saturated carbocycles. The first-order valence-corrected chi connectivity index (χ1v) is 10.6. The number of carbonyl (C=O) groups is 2. The average molecular weight is 383 g/mol. The quantitative estimate of drug-likeness (QED) is 0.552. The van der Waals surface area contributed by atoms with Gasteiger partial charge in [0, 0.05) is 30.6 Å². The molecule has 0 saturated heterocycles. The van der Waals surface area contributed by atoms with Crippen LogP contribution in [0.5, 0.6) is 0 Å². The number of hydrogen-bond acceptors (Lipinski definition) is 4. The Balaban J connectivity index is 1.65. The second-order valence-corrected chi connectivity index (χ2v) is 10.3. The molecule has 4 aliphatic rings. The summed E-state index contributed by atoms with van der Waals surface area (Å²) in [6, 6.07) is 0. The highest BCUT2D eigenvalue weighted by Crippen LogP contribution is 2.67. The third-order valence-corrected chi connectivity index (χ3v) is 9.35. The molecule has 0 heterocycles. The van der Waals surface area contributed by atoms with Crippen molar-refractivity contribution in [2.24, 2.45) is 28.6 Å². The monoisotopic (exact) mass is 382 g/mol. The highest BCUT2D eigenvalue weighted by molar-refractivity contribution is 6.21. The SMILES string of the molecule is CC(=O)O[C@H]1CC[C@]2(C)[C@H]3CC[C@]4(C)C(=O)CC[C@H]4[C@@H]3C[C@@H](Cl)[C@@]2(O)C1. The summed E-state index contributed by atoms with van der Waals surface area (Å²) in [4.78, 5) is 23.9. The number of rotatable bonds is 1. The van der Waals surface area contributed by atoms with E-state index < -0.39 is 5.60 Å². The van der Waals surface area contributed by atoms with E-state index in [1.54, 1.807) is 0 Å². The Morgan fingerprint density at radius 3 is 2.62 bits per heavy atom. The molecule has 0 aromatic carbocycles. The minimum absolute atomic E-state index is 0.182. The van der Waals surface area contributed by atoms with E-state index in [1.807, 2.05) is 0 Å². The van der Waals surface area contributed by atoms with Crippen LogP contribution in [-0.2, 0) is 14.3 Å². The summed E-state index contributed by atoms with van der Waals surface area (Å²) >= 11 is 6.84. The Morgan fingerprint density at radius 1 is 1.19 bits per heavy atom. The number of halogens is 1. The Kier molecular flexibility index (Phi) is 4.28. The van der Waals surface area contributed by atoms with Gasteiger partial charge in [-0.05, 0) is 56.3 Å². The zero-order chi connectivity index (χ0) is 18.9. The van der Waals surface area contributed by atoms with E-state index >= 15 is 0 Å². The highest BCUT2D eigenvalue weighted by atomic mass is 35.5. The number of fused-ring (bicyclic) bond motifs is 5. The van der Waals surface area contributed by atoms with Gasteiger partial charge in [0.15, 0.2) is 0 Å². The molecular formula is C21H31ClO4. The van der Waals surface area contributed by atoms with E-state index in [0.29, 0.717) is 36.4 Å². The van der Waals surface area contributed by atoms with Crippen LogP contribution in [0.3, 0.4) is 0 Å². The number of carbonyl (C=O) groups excluding carboxylic acids is 2. The number of Topliss-reactive ketones (excluding diaryl/α,β-unsaturated/α-hetero) is 1. The van der Waals surface area contributed by atoms with Crippen molar-refractivity contribution in [3.8, 4) is 0 Å². The summed E-state index contributed by atoms with van der Waals surface area (Å²) in [6.45, 7) is 5.78. The molecule has 0 aromatic rings. The van der Waals surface area contributed by atoms with E-state index in [-0.39, 0.29) is 28.3 Å². The smallest absolute Gasteiger partial charge is 0.302 e. The van der Waals surface area contributed by atoms with Crippen molar-refractivity contribution in [1.29, 1.82) is 0 Å². The molecule has 4 nitrogen and oxygen atoms in total. The summed E-state index contributed by atoms with van der Waals surface area (Å²) in [6.07, 6.45) is 6.16. The zero-order valence-corrected chi connectivity index (χ0v) is 16.8. The van der Waals surface area contributed by atoms with Gasteiger partial charge >= 0.3 is 5.97 Å². The van der Waals surface area contributed by atoms with E-state index in [9.17, 15) is 14.7 Å². The Morgan fingerprint density at radius 2 is 1.92 bits per heavy atom. The van der Waals surface area contributed by atoms with Gasteiger partial charge in [0.1, 0.15) is 11.9 Å². The Labute approximate surface area is 161 Å². The summed E-state index contributed by atoms with van der Waals surface area (Å²) in [5, 5.41) is 11.4. The van der Waals surface area contributed by atoms with Crippen LogP contribution in [0.25, 0.3) is 0 Å². The lowest BCUT2D eigenvalue weighted by molar-refractivity contribution is -0.219. The van der Waals surface area contributed by atoms with Crippen molar-refractivity contribution in [1.82, 2.24) is 0 Å². The van der Waals surface area contributed by atoms with Crippen molar-refractivity contribution >= 4 is 23.4 Å². The van der Waals surface area contributed by atoms with E-state index in [0.717, 1.165) is 38.5 Å². The number of esters is 1. The van der Waals surface area contributed by atoms with Crippen molar-refractivity contribution in [2.75, 3.05) is 0 Å². The fraction of sp³-hybridized carbons (Fsp3) is 0.905. The molecule has 26 heavy (non-hydrogen) atoms. The van der Waals surface area contributed by atoms with Crippen molar-refractivity contribution in [2.45, 2.75) is 89.2 Å². The number of aliphatic hydroxyl groups is 1. The molecule has 146 valence electrons. The maximum Gasteiger partial charge on any atom is 0.302 e. The van der Waals surface area contributed by atoms with Crippen LogP contribution in [0.4, 0.5) is 0 Å². The van der Waals surface area contributed by atoms with Crippen molar-refractivity contribution < 1.29 is 19.4 Å². The first-order valence-electron chi connectivity index (χ1n) is 10.2. The van der Waals surface area contributed by atoms with Gasteiger partial charge in [-0.1, -0.05) is 13.8 Å². The molecule has 0 amide bonds. The Hall–Kier alpha value is -0.610. The first-order chi connectivity index (χ1) is 12.1. The lowest BCUT2D eigenvalue weighted by Gasteiger charge is -2.64. The molecule has 4 rings (SSSR count). The molecule has 5 heteroatoms. The number of ether oxygens (including phenoxy) is 1. The van der Waals surface area contributed by atoms with Crippen LogP contribution in [0.1, 0.15) is 72.1 Å². The van der Waals surface area contributed by atoms with Crippen LogP contribution in [-0.4, -0.2) is 33.9 Å². The Bertz CT molecular complexity index is 636. The van der Waals surface area contributed by atoms with Crippen molar-refractivity contribution in [3.05, 3.63) is 0 Å². The van der Waals surface area contributed by atoms with E-state index in [2.05, 4.69) is 13.8 Å². The summed E-state index contributed by atoms with van der Waals surface area (Å²) < 4.78 is 5.43. The normalized spacial score (nSPS) is 53.4. The fourth-order valence-electron chi connectivity index (χ4n) is 7.30. The number of ketones is 1. The number of hydrogen-bond donors (Lipinski definition) is 1. The van der Waals surface area contributed by atoms with Gasteiger partial charge < -0.3 is 9.84 Å². The second kappa shape index (κ2) is 5.94. The maximum atomic E-state index is 12.5. The maximum absolute atomic E-state index is 12.5. The summed E-state index contributed by atoms with van der Waals surface area (Å²) in [5.41, 5.74) is -1.46. The molecule has 0 bridgehead atoms. The topological polar surface area (TPSA) is 63.6 Å². The predicted molar refractivity (Wildman–Crippen MR) is 98.8 cm³/mol. The molecule has 8 atom stereocenters. The molecular weight excluding hydrogens is 352 g/mol. The van der Waals surface area contributed by atoms with Gasteiger partial charge in [0.2, 0.25) is 0 Å². The number of alkyl halides is 1. The van der Waals surface area contributed by atoms with Crippen LogP contribution in [0, 0.1) is 28.6 Å². The molecule has 0 spiro atoms. The fourth-order valence-corrected chi connectivity index (χ4v) is 7.84. The van der Waals surface area contributed by atoms with Gasteiger partial charge in [0.05, 0.1) is 11.0 Å². The minimum atomic E-state index is -1.01. The van der Waals surface area contributed by atoms with Crippen LogP contribution in [0.2, 0.25) is 0 Å². The van der Waals surface area contributed by atoms with Crippen LogP contribution in [0.15, 0.2) is 0 Å². The van der Waals surface area contributed by atoms with E-state index in [1.165, 1.54) is 6.92 Å². The standard InChI is InChI=1S/C21H31ClO4/c1-12(23)26-13-6-9-20(3)16-7-8-19(2)15(4-5-18(19)24)14(16)10-17(22)21(20,25)11-13/h13-17,25H,4-11H2,1-3H3/t13-,14-,15-,16-,17+,19-,20+,21-/m0/s1. The minimum Gasteiger partial charge on any atom is -0.462 e. The third-order valence-electron chi connectivity index (χ3n) is 8.81. The molecule has 4 fully saturated rings. The van der Waals surface area contributed by atoms with E-state index in [4.69, 9.17) is 16.3 Å². The lowest BCUT2D eigenvalue weighted by Crippen LogP contribution is -2.67. The van der Waals surface area contributed by atoms with Crippen LogP contribution >= 0.6 is 11.6 Å². The lowest BCUT2D eigenvalue weighted by atomic mass is 9.43. The predicted octanol–water partition coefficient (Wildman–Crippen LogP) is 3.86. The summed E-state index contributed by atoms with van der Waals surface area (Å²) in [5.74, 6) is 1.35. The second-order valence-electron chi connectivity index (χ2n) is 9.81. The van der Waals surface area contributed by atoms with Gasteiger partial charge in [-0.25, -0.2) is 0 Å². The van der Waals surface area contributed by atoms with Gasteiger partial charge in [-0.2, -0.15) is 0 Å². The largest absolute Gasteiger partial charge is 0.462 e. The highest BCUT2D eigenvalue weighted by Gasteiger charge is 2.67. The first kappa shape index (κ1) is 18.7. The molecule has 4 aliphatic carbocycles. The molecule has 0 aliphatic heterocycles.